The molecule has 2 aromatic heterocycles. The quantitative estimate of drug-likeness (QED) is 0.763. The molecule has 27 heavy (non-hydrogen) atoms. The Hall–Kier alpha value is -2.12. The molecule has 146 valence electrons. The smallest absolute Gasteiger partial charge is 0.319 e. The molecule has 1 aliphatic heterocycles. The van der Waals surface area contributed by atoms with Gasteiger partial charge >= 0.3 is 6.03 Å². The topological polar surface area (TPSA) is 60.5 Å². The summed E-state index contributed by atoms with van der Waals surface area (Å²) in [6.45, 7) is 10.9. The predicted molar refractivity (Wildman–Crippen MR) is 113 cm³/mol. The number of aromatic nitrogens is 1. The molecule has 6 nitrogen and oxygen atoms in total. The maximum absolute atomic E-state index is 12.1. The molecule has 3 heterocycles. The van der Waals surface area contributed by atoms with Gasteiger partial charge in [-0.1, -0.05) is 13.8 Å². The van der Waals surface area contributed by atoms with Gasteiger partial charge in [-0.25, -0.2) is 9.78 Å². The summed E-state index contributed by atoms with van der Waals surface area (Å²) >= 11 is 1.84. The first-order valence-corrected chi connectivity index (χ1v) is 10.5. The fourth-order valence-corrected chi connectivity index (χ4v) is 4.37. The average molecular weight is 388 g/mol. The molecule has 0 bridgehead atoms. The summed E-state index contributed by atoms with van der Waals surface area (Å²) in [5.74, 6) is 0.952. The highest BCUT2D eigenvalue weighted by atomic mass is 32.1. The Morgan fingerprint density at radius 1 is 1.33 bits per heavy atom. The summed E-state index contributed by atoms with van der Waals surface area (Å²) in [5.41, 5.74) is 2.11. The van der Waals surface area contributed by atoms with Gasteiger partial charge in [0.05, 0.1) is 11.9 Å². The van der Waals surface area contributed by atoms with E-state index in [1.54, 1.807) is 6.20 Å². The first-order valence-electron chi connectivity index (χ1n) is 9.65. The molecular weight excluding hydrogens is 358 g/mol. The molecule has 2 N–H and O–H groups in total. The van der Waals surface area contributed by atoms with Crippen molar-refractivity contribution < 1.29 is 4.79 Å². The molecule has 3 rings (SSSR count). The Kier molecular flexibility index (Phi) is 6.68. The second-order valence-electron chi connectivity index (χ2n) is 6.85. The maximum Gasteiger partial charge on any atom is 0.319 e. The van der Waals surface area contributed by atoms with Crippen LogP contribution >= 0.6 is 11.3 Å². The van der Waals surface area contributed by atoms with Gasteiger partial charge in [-0.2, -0.15) is 0 Å². The van der Waals surface area contributed by atoms with Crippen LogP contribution in [0.15, 0.2) is 29.8 Å². The fraction of sp³-hybridized carbons (Fsp3) is 0.500. The number of rotatable bonds is 7. The lowest BCUT2D eigenvalue weighted by Gasteiger charge is -2.28. The van der Waals surface area contributed by atoms with Crippen molar-refractivity contribution in [3.8, 4) is 0 Å². The molecule has 0 unspecified atom stereocenters. The van der Waals surface area contributed by atoms with Gasteiger partial charge in [0.15, 0.2) is 0 Å². The van der Waals surface area contributed by atoms with Crippen molar-refractivity contribution in [3.63, 3.8) is 0 Å². The number of likely N-dealkylation sites (N-methyl/N-ethyl adjacent to an activating group) is 1. The number of nitrogens with zero attached hydrogens (tertiary/aromatic N) is 3. The van der Waals surface area contributed by atoms with Crippen LogP contribution in [0.25, 0.3) is 0 Å². The molecule has 2 aromatic rings. The molecule has 0 saturated heterocycles. The molecule has 7 heteroatoms. The van der Waals surface area contributed by atoms with E-state index in [4.69, 9.17) is 0 Å². The van der Waals surface area contributed by atoms with E-state index in [-0.39, 0.29) is 6.03 Å². The second-order valence-corrected chi connectivity index (χ2v) is 7.85. The molecule has 0 aromatic carbocycles. The highest BCUT2D eigenvalue weighted by molar-refractivity contribution is 7.10. The number of fused-ring (bicyclic) bond motifs is 1. The number of hydrogen-bond acceptors (Lipinski definition) is 5. The number of urea groups is 1. The molecule has 1 aliphatic rings. The fourth-order valence-electron chi connectivity index (χ4n) is 3.48. The van der Waals surface area contributed by atoms with Gasteiger partial charge in [0.1, 0.15) is 5.82 Å². The van der Waals surface area contributed by atoms with Crippen LogP contribution in [0.4, 0.5) is 16.3 Å². The van der Waals surface area contributed by atoms with E-state index >= 15 is 0 Å². The van der Waals surface area contributed by atoms with Crippen LogP contribution in [0.1, 0.15) is 31.2 Å². The van der Waals surface area contributed by atoms with Gasteiger partial charge in [0.25, 0.3) is 0 Å². The lowest BCUT2D eigenvalue weighted by atomic mass is 10.1. The third-order valence-electron chi connectivity index (χ3n) is 5.13. The standard InChI is InChI=1S/C20H29N5OS/c1-4-24(5-2)15(3)12-22-20(26)23-17-6-7-19(21-13-17)25-10-8-18-16(14-25)9-11-27-18/h6-7,9,11,13,15H,4-5,8,10,12,14H2,1-3H3,(H2,22,23,26)/t15-/m1/s1. The van der Waals surface area contributed by atoms with Crippen molar-refractivity contribution >= 4 is 28.9 Å². The van der Waals surface area contributed by atoms with Crippen molar-refractivity contribution in [2.45, 2.75) is 39.8 Å². The number of nitrogens with one attached hydrogen (secondary N) is 2. The van der Waals surface area contributed by atoms with Crippen molar-refractivity contribution in [1.29, 1.82) is 0 Å². The maximum atomic E-state index is 12.1. The Bertz CT molecular complexity index is 741. The van der Waals surface area contributed by atoms with E-state index in [1.807, 2.05) is 23.5 Å². The average Bonchev–Trinajstić information content (AvgIpc) is 3.16. The van der Waals surface area contributed by atoms with E-state index < -0.39 is 0 Å². The Labute approximate surface area is 165 Å². The molecule has 0 saturated carbocycles. The first kappa shape index (κ1) is 19.6. The third-order valence-corrected chi connectivity index (χ3v) is 6.15. The zero-order valence-corrected chi connectivity index (χ0v) is 17.2. The zero-order valence-electron chi connectivity index (χ0n) is 16.4. The van der Waals surface area contributed by atoms with Gasteiger partial charge < -0.3 is 15.5 Å². The summed E-state index contributed by atoms with van der Waals surface area (Å²) in [6.07, 6.45) is 2.80. The van der Waals surface area contributed by atoms with Crippen molar-refractivity contribution in [3.05, 3.63) is 40.2 Å². The summed E-state index contributed by atoms with van der Waals surface area (Å²) in [4.78, 5) is 22.8. The molecule has 0 radical (unpaired) electrons. The zero-order chi connectivity index (χ0) is 19.2. The van der Waals surface area contributed by atoms with Crippen molar-refractivity contribution in [2.75, 3.05) is 36.4 Å². The second kappa shape index (κ2) is 9.19. The minimum Gasteiger partial charge on any atom is -0.352 e. The van der Waals surface area contributed by atoms with Crippen LogP contribution in [0, 0.1) is 0 Å². The Morgan fingerprint density at radius 3 is 2.85 bits per heavy atom. The number of pyridine rings is 1. The summed E-state index contributed by atoms with van der Waals surface area (Å²) in [6, 6.07) is 6.22. The monoisotopic (exact) mass is 387 g/mol. The van der Waals surface area contributed by atoms with Crippen LogP contribution in [0.2, 0.25) is 0 Å². The molecule has 0 spiro atoms. The van der Waals surface area contributed by atoms with Crippen LogP contribution in [-0.4, -0.2) is 48.1 Å². The molecule has 0 fully saturated rings. The number of anilines is 2. The lowest BCUT2D eigenvalue weighted by molar-refractivity contribution is 0.220. The molecule has 1 atom stereocenters. The third kappa shape index (κ3) is 4.99. The summed E-state index contributed by atoms with van der Waals surface area (Å²) in [7, 11) is 0. The highest BCUT2D eigenvalue weighted by Crippen LogP contribution is 2.27. The largest absolute Gasteiger partial charge is 0.352 e. The minimum atomic E-state index is -0.190. The van der Waals surface area contributed by atoms with Crippen LogP contribution in [0.3, 0.4) is 0 Å². The minimum absolute atomic E-state index is 0.190. The van der Waals surface area contributed by atoms with Crippen LogP contribution in [0.5, 0.6) is 0 Å². The molecule has 2 amide bonds. The van der Waals surface area contributed by atoms with Gasteiger partial charge in [-0.3, -0.25) is 4.90 Å². The summed E-state index contributed by atoms with van der Waals surface area (Å²) < 4.78 is 0. The van der Waals surface area contributed by atoms with Crippen LogP contribution < -0.4 is 15.5 Å². The lowest BCUT2D eigenvalue weighted by Crippen LogP contribution is -2.43. The number of amides is 2. The molecule has 0 aliphatic carbocycles. The number of thiophene rings is 1. The number of carbonyl (C=O) groups excluding carboxylic acids is 1. The summed E-state index contributed by atoms with van der Waals surface area (Å²) in [5, 5.41) is 7.96. The van der Waals surface area contributed by atoms with Gasteiger partial charge in [-0.15, -0.1) is 11.3 Å². The SMILES string of the molecule is CCN(CC)[C@H](C)CNC(=O)Nc1ccc(N2CCc3sccc3C2)nc1. The van der Waals surface area contributed by atoms with E-state index in [2.05, 4.69) is 57.6 Å². The predicted octanol–water partition coefficient (Wildman–Crippen LogP) is 3.56. The van der Waals surface area contributed by atoms with E-state index in [1.165, 1.54) is 10.4 Å². The van der Waals surface area contributed by atoms with Gasteiger partial charge in [0, 0.05) is 30.6 Å². The van der Waals surface area contributed by atoms with Crippen molar-refractivity contribution in [2.24, 2.45) is 0 Å². The van der Waals surface area contributed by atoms with E-state index in [9.17, 15) is 4.79 Å². The highest BCUT2D eigenvalue weighted by Gasteiger charge is 2.18. The molecular formula is C20H29N5OS. The number of carbonyl (C=O) groups is 1. The van der Waals surface area contributed by atoms with Crippen LogP contribution in [-0.2, 0) is 13.0 Å². The number of hydrogen-bond donors (Lipinski definition) is 2. The Morgan fingerprint density at radius 2 is 2.15 bits per heavy atom. The van der Waals surface area contributed by atoms with Gasteiger partial charge in [-0.05, 0) is 55.6 Å². The van der Waals surface area contributed by atoms with Crippen molar-refractivity contribution in [1.82, 2.24) is 15.2 Å². The Balaban J connectivity index is 1.50. The van der Waals surface area contributed by atoms with E-state index in [0.29, 0.717) is 18.3 Å². The van der Waals surface area contributed by atoms with Gasteiger partial charge in [0.2, 0.25) is 0 Å². The first-order chi connectivity index (χ1) is 13.1. The van der Waals surface area contributed by atoms with E-state index in [0.717, 1.165) is 38.4 Å². The normalized spacial score (nSPS) is 14.7.